The van der Waals surface area contributed by atoms with Crippen LogP contribution in [0.3, 0.4) is 0 Å². The van der Waals surface area contributed by atoms with E-state index in [0.717, 1.165) is 36.3 Å². The van der Waals surface area contributed by atoms with Crippen molar-refractivity contribution in [2.75, 3.05) is 6.54 Å². The Morgan fingerprint density at radius 1 is 1.20 bits per heavy atom. The van der Waals surface area contributed by atoms with Crippen molar-refractivity contribution in [3.05, 3.63) is 35.4 Å². The summed E-state index contributed by atoms with van der Waals surface area (Å²) in [4.78, 5) is 0. The van der Waals surface area contributed by atoms with Crippen LogP contribution in [0.5, 0.6) is 0 Å². The van der Waals surface area contributed by atoms with Gasteiger partial charge in [0.1, 0.15) is 0 Å². The van der Waals surface area contributed by atoms with Crippen LogP contribution in [0, 0.1) is 29.4 Å². The molecule has 4 unspecified atom stereocenters. The minimum Gasteiger partial charge on any atom is -0.310 e. The third-order valence-electron chi connectivity index (χ3n) is 5.22. The zero-order chi connectivity index (χ0) is 14.1. The number of hydrogen-bond donors (Lipinski definition) is 1. The van der Waals surface area contributed by atoms with Gasteiger partial charge in [-0.1, -0.05) is 19.4 Å². The Labute approximate surface area is 119 Å². The molecule has 0 aliphatic heterocycles. The number of hydrogen-bond acceptors (Lipinski definition) is 1. The van der Waals surface area contributed by atoms with Crippen molar-refractivity contribution < 1.29 is 8.78 Å². The summed E-state index contributed by atoms with van der Waals surface area (Å²) in [7, 11) is 0. The largest absolute Gasteiger partial charge is 0.310 e. The molecule has 2 saturated carbocycles. The van der Waals surface area contributed by atoms with Crippen LogP contribution in [0.4, 0.5) is 8.78 Å². The van der Waals surface area contributed by atoms with Crippen LogP contribution in [0.1, 0.15) is 50.6 Å². The van der Waals surface area contributed by atoms with E-state index in [1.807, 2.05) is 0 Å². The van der Waals surface area contributed by atoms with Crippen LogP contribution < -0.4 is 5.32 Å². The summed E-state index contributed by atoms with van der Waals surface area (Å²) in [6, 6.07) is 4.48. The Balaban J connectivity index is 1.73. The van der Waals surface area contributed by atoms with Crippen LogP contribution in [0.2, 0.25) is 0 Å². The molecule has 2 aliphatic rings. The summed E-state index contributed by atoms with van der Waals surface area (Å²) in [6.45, 7) is 2.91. The van der Waals surface area contributed by atoms with E-state index in [4.69, 9.17) is 0 Å². The van der Waals surface area contributed by atoms with Crippen molar-refractivity contribution in [2.45, 2.75) is 45.1 Å². The number of halogens is 2. The van der Waals surface area contributed by atoms with Gasteiger partial charge in [0.2, 0.25) is 0 Å². The van der Waals surface area contributed by atoms with Gasteiger partial charge in [-0.25, -0.2) is 8.78 Å². The minimum atomic E-state index is -0.760. The zero-order valence-electron chi connectivity index (χ0n) is 12.0. The van der Waals surface area contributed by atoms with Gasteiger partial charge >= 0.3 is 0 Å². The molecule has 1 aromatic rings. The molecule has 4 atom stereocenters. The molecule has 2 aliphatic carbocycles. The Bertz CT molecular complexity index is 474. The lowest BCUT2D eigenvalue weighted by Gasteiger charge is -2.27. The highest BCUT2D eigenvalue weighted by Gasteiger charge is 2.40. The van der Waals surface area contributed by atoms with Gasteiger partial charge in [-0.2, -0.15) is 0 Å². The van der Waals surface area contributed by atoms with Crippen molar-refractivity contribution in [1.82, 2.24) is 5.32 Å². The Hall–Kier alpha value is -0.960. The third kappa shape index (κ3) is 2.73. The highest BCUT2D eigenvalue weighted by Crippen LogP contribution is 2.50. The summed E-state index contributed by atoms with van der Waals surface area (Å²) in [5, 5.41) is 3.44. The summed E-state index contributed by atoms with van der Waals surface area (Å²) in [6.07, 6.45) is 6.54. The lowest BCUT2D eigenvalue weighted by molar-refractivity contribution is 0.280. The standard InChI is InChI=1S/C17H23F2N/c1-2-20-17(13-5-6-15(18)16(19)9-13)10-14-8-11-3-4-12(14)7-11/h5-6,9,11-12,14,17,20H,2-4,7-8,10H2,1H3. The Kier molecular flexibility index (Phi) is 4.06. The van der Waals surface area contributed by atoms with Crippen LogP contribution in [-0.4, -0.2) is 6.54 Å². The fourth-order valence-electron chi connectivity index (χ4n) is 4.28. The van der Waals surface area contributed by atoms with E-state index in [-0.39, 0.29) is 6.04 Å². The highest BCUT2D eigenvalue weighted by atomic mass is 19.2. The highest BCUT2D eigenvalue weighted by molar-refractivity contribution is 5.21. The molecule has 0 radical (unpaired) electrons. The maximum Gasteiger partial charge on any atom is 0.159 e. The van der Waals surface area contributed by atoms with E-state index in [1.54, 1.807) is 6.07 Å². The van der Waals surface area contributed by atoms with Crippen LogP contribution in [0.25, 0.3) is 0 Å². The summed E-state index contributed by atoms with van der Waals surface area (Å²) >= 11 is 0. The van der Waals surface area contributed by atoms with E-state index < -0.39 is 11.6 Å². The first kappa shape index (κ1) is 14.0. The van der Waals surface area contributed by atoms with Crippen molar-refractivity contribution >= 4 is 0 Å². The SMILES string of the molecule is CCNC(CC1CC2CCC1C2)c1ccc(F)c(F)c1. The van der Waals surface area contributed by atoms with Crippen LogP contribution in [-0.2, 0) is 0 Å². The van der Waals surface area contributed by atoms with Gasteiger partial charge in [0.15, 0.2) is 11.6 Å². The molecule has 2 bridgehead atoms. The van der Waals surface area contributed by atoms with E-state index >= 15 is 0 Å². The predicted molar refractivity (Wildman–Crippen MR) is 76.3 cm³/mol. The van der Waals surface area contributed by atoms with E-state index in [1.165, 1.54) is 37.8 Å². The number of nitrogens with one attached hydrogen (secondary N) is 1. The monoisotopic (exact) mass is 279 g/mol. The summed E-state index contributed by atoms with van der Waals surface area (Å²) in [5.41, 5.74) is 0.883. The van der Waals surface area contributed by atoms with Crippen molar-refractivity contribution in [2.24, 2.45) is 17.8 Å². The van der Waals surface area contributed by atoms with Gasteiger partial charge in [-0.05, 0) is 67.7 Å². The first-order chi connectivity index (χ1) is 9.67. The average molecular weight is 279 g/mol. The Morgan fingerprint density at radius 2 is 2.05 bits per heavy atom. The number of rotatable bonds is 5. The van der Waals surface area contributed by atoms with Crippen LogP contribution >= 0.6 is 0 Å². The van der Waals surface area contributed by atoms with Crippen LogP contribution in [0.15, 0.2) is 18.2 Å². The van der Waals surface area contributed by atoms with Gasteiger partial charge < -0.3 is 5.32 Å². The molecule has 0 heterocycles. The second-order valence-electron chi connectivity index (χ2n) is 6.45. The Morgan fingerprint density at radius 3 is 2.65 bits per heavy atom. The maximum absolute atomic E-state index is 13.4. The predicted octanol–water partition coefficient (Wildman–Crippen LogP) is 4.44. The van der Waals surface area contributed by atoms with E-state index in [0.29, 0.717) is 0 Å². The quantitative estimate of drug-likeness (QED) is 0.840. The molecule has 2 fully saturated rings. The molecule has 0 spiro atoms. The third-order valence-corrected chi connectivity index (χ3v) is 5.22. The maximum atomic E-state index is 13.4. The fraction of sp³-hybridized carbons (Fsp3) is 0.647. The van der Waals surface area contributed by atoms with E-state index in [2.05, 4.69) is 12.2 Å². The fourth-order valence-corrected chi connectivity index (χ4v) is 4.28. The van der Waals surface area contributed by atoms with Gasteiger partial charge in [-0.15, -0.1) is 0 Å². The first-order valence-corrected chi connectivity index (χ1v) is 7.85. The molecule has 3 rings (SSSR count). The van der Waals surface area contributed by atoms with Gasteiger partial charge in [0.05, 0.1) is 0 Å². The second kappa shape index (κ2) is 5.80. The minimum absolute atomic E-state index is 0.152. The summed E-state index contributed by atoms with van der Waals surface area (Å²) in [5.74, 6) is 1.05. The molecular weight excluding hydrogens is 256 g/mol. The van der Waals surface area contributed by atoms with E-state index in [9.17, 15) is 8.78 Å². The lowest BCUT2D eigenvalue weighted by atomic mass is 9.82. The van der Waals surface area contributed by atoms with Gasteiger partial charge in [-0.3, -0.25) is 0 Å². The molecular formula is C17H23F2N. The number of fused-ring (bicyclic) bond motifs is 2. The molecule has 1 aromatic carbocycles. The first-order valence-electron chi connectivity index (χ1n) is 7.85. The molecule has 3 heteroatoms. The molecule has 0 amide bonds. The second-order valence-corrected chi connectivity index (χ2v) is 6.45. The van der Waals surface area contributed by atoms with Crippen molar-refractivity contribution in [3.63, 3.8) is 0 Å². The average Bonchev–Trinajstić information content (AvgIpc) is 3.04. The molecule has 0 saturated heterocycles. The number of benzene rings is 1. The van der Waals surface area contributed by atoms with Gasteiger partial charge in [0.25, 0.3) is 0 Å². The zero-order valence-corrected chi connectivity index (χ0v) is 12.0. The smallest absolute Gasteiger partial charge is 0.159 e. The summed E-state index contributed by atoms with van der Waals surface area (Å²) < 4.78 is 26.5. The molecule has 1 N–H and O–H groups in total. The molecule has 0 aromatic heterocycles. The lowest BCUT2D eigenvalue weighted by Crippen LogP contribution is -2.25. The normalized spacial score (nSPS) is 29.9. The van der Waals surface area contributed by atoms with Crippen molar-refractivity contribution in [3.8, 4) is 0 Å². The molecule has 20 heavy (non-hydrogen) atoms. The molecule has 110 valence electrons. The topological polar surface area (TPSA) is 12.0 Å². The van der Waals surface area contributed by atoms with Gasteiger partial charge in [0, 0.05) is 6.04 Å². The molecule has 1 nitrogen and oxygen atoms in total. The van der Waals surface area contributed by atoms with Crippen molar-refractivity contribution in [1.29, 1.82) is 0 Å².